The molecule has 2 saturated heterocycles. The highest BCUT2D eigenvalue weighted by Gasteiger charge is 2.26. The fraction of sp³-hybridized carbons (Fsp3) is 0.478. The van der Waals surface area contributed by atoms with Crippen LogP contribution >= 0.6 is 0 Å². The Kier molecular flexibility index (Phi) is 6.01. The molecule has 1 amide bonds. The van der Waals surface area contributed by atoms with Crippen molar-refractivity contribution >= 4 is 5.91 Å². The molecule has 0 N–H and O–H groups in total. The predicted octanol–water partition coefficient (Wildman–Crippen LogP) is 3.61. The largest absolute Gasteiger partial charge is 0.342 e. The number of hydrogen-bond acceptors (Lipinski definition) is 3. The molecule has 3 heterocycles. The number of aromatic nitrogens is 1. The number of likely N-dealkylation sites (tertiary alicyclic amines) is 2. The van der Waals surface area contributed by atoms with Gasteiger partial charge in [-0.05, 0) is 62.1 Å². The van der Waals surface area contributed by atoms with E-state index < -0.39 is 0 Å². The van der Waals surface area contributed by atoms with Gasteiger partial charge >= 0.3 is 0 Å². The molecule has 0 spiro atoms. The van der Waals surface area contributed by atoms with Gasteiger partial charge in [-0.25, -0.2) is 4.39 Å². The quantitative estimate of drug-likeness (QED) is 0.794. The lowest BCUT2D eigenvalue weighted by Gasteiger charge is -2.33. The summed E-state index contributed by atoms with van der Waals surface area (Å²) >= 11 is 0. The Labute approximate surface area is 166 Å². The minimum atomic E-state index is -0.209. The summed E-state index contributed by atoms with van der Waals surface area (Å²) in [6.07, 6.45) is 5.10. The summed E-state index contributed by atoms with van der Waals surface area (Å²) in [5.74, 6) is 0.415. The van der Waals surface area contributed by atoms with Crippen molar-refractivity contribution in [3.8, 4) is 0 Å². The van der Waals surface area contributed by atoms with E-state index in [4.69, 9.17) is 4.98 Å². The van der Waals surface area contributed by atoms with Crippen LogP contribution < -0.4 is 0 Å². The maximum Gasteiger partial charge on any atom is 0.236 e. The lowest BCUT2D eigenvalue weighted by molar-refractivity contribution is -0.131. The second-order valence-electron chi connectivity index (χ2n) is 8.02. The van der Waals surface area contributed by atoms with Crippen LogP contribution in [0.2, 0.25) is 0 Å². The summed E-state index contributed by atoms with van der Waals surface area (Å²) in [6, 6.07) is 12.9. The third-order valence-corrected chi connectivity index (χ3v) is 5.84. The first-order valence-corrected chi connectivity index (χ1v) is 10.4. The molecule has 1 aromatic carbocycles. The topological polar surface area (TPSA) is 36.4 Å². The summed E-state index contributed by atoms with van der Waals surface area (Å²) in [5.41, 5.74) is 2.99. The monoisotopic (exact) mass is 381 g/mol. The Morgan fingerprint density at radius 2 is 1.89 bits per heavy atom. The number of rotatable bonds is 5. The van der Waals surface area contributed by atoms with E-state index in [0.717, 1.165) is 68.8 Å². The molecule has 1 aromatic heterocycles. The Morgan fingerprint density at radius 1 is 1.07 bits per heavy atom. The summed E-state index contributed by atoms with van der Waals surface area (Å²) in [4.78, 5) is 21.6. The van der Waals surface area contributed by atoms with Gasteiger partial charge in [-0.15, -0.1) is 0 Å². The highest BCUT2D eigenvalue weighted by atomic mass is 19.1. The van der Waals surface area contributed by atoms with Crippen molar-refractivity contribution in [3.63, 3.8) is 0 Å². The Morgan fingerprint density at radius 3 is 2.71 bits per heavy atom. The van der Waals surface area contributed by atoms with Crippen LogP contribution in [0.1, 0.15) is 48.6 Å². The van der Waals surface area contributed by atoms with Crippen molar-refractivity contribution in [2.24, 2.45) is 0 Å². The minimum Gasteiger partial charge on any atom is -0.342 e. The molecule has 2 fully saturated rings. The fourth-order valence-corrected chi connectivity index (χ4v) is 4.38. The molecule has 0 aliphatic carbocycles. The van der Waals surface area contributed by atoms with Crippen LogP contribution in [0.25, 0.3) is 0 Å². The van der Waals surface area contributed by atoms with E-state index in [0.29, 0.717) is 18.9 Å². The summed E-state index contributed by atoms with van der Waals surface area (Å²) in [6.45, 7) is 4.23. The predicted molar refractivity (Wildman–Crippen MR) is 108 cm³/mol. The number of hydrogen-bond donors (Lipinski definition) is 0. The minimum absolute atomic E-state index is 0.209. The zero-order chi connectivity index (χ0) is 19.3. The molecule has 28 heavy (non-hydrogen) atoms. The number of nitrogens with zero attached hydrogens (tertiary/aromatic N) is 3. The summed E-state index contributed by atoms with van der Waals surface area (Å²) in [5, 5.41) is 0. The molecular formula is C23H28FN3O. The molecule has 0 bridgehead atoms. The van der Waals surface area contributed by atoms with Gasteiger partial charge in [0.05, 0.1) is 6.54 Å². The highest BCUT2D eigenvalue weighted by Crippen LogP contribution is 2.26. The van der Waals surface area contributed by atoms with Gasteiger partial charge in [-0.2, -0.15) is 0 Å². The van der Waals surface area contributed by atoms with Crippen LogP contribution in [-0.4, -0.2) is 53.4 Å². The van der Waals surface area contributed by atoms with Crippen molar-refractivity contribution in [1.29, 1.82) is 0 Å². The van der Waals surface area contributed by atoms with Gasteiger partial charge in [0.25, 0.3) is 0 Å². The Bertz CT molecular complexity index is 819. The lowest BCUT2D eigenvalue weighted by atomic mass is 9.94. The molecule has 5 heteroatoms. The van der Waals surface area contributed by atoms with Gasteiger partial charge in [-0.3, -0.25) is 14.7 Å². The number of amides is 1. The van der Waals surface area contributed by atoms with Gasteiger partial charge in [-0.1, -0.05) is 18.2 Å². The van der Waals surface area contributed by atoms with Crippen molar-refractivity contribution < 1.29 is 9.18 Å². The average molecular weight is 381 g/mol. The van der Waals surface area contributed by atoms with Crippen LogP contribution in [0.4, 0.5) is 4.39 Å². The number of carbonyl (C=O) groups is 1. The van der Waals surface area contributed by atoms with E-state index in [1.807, 2.05) is 23.1 Å². The van der Waals surface area contributed by atoms with Gasteiger partial charge in [0.1, 0.15) is 5.82 Å². The zero-order valence-corrected chi connectivity index (χ0v) is 16.3. The number of halogens is 1. The molecule has 4 rings (SSSR count). The first-order valence-electron chi connectivity index (χ1n) is 10.4. The number of benzene rings is 1. The first-order chi connectivity index (χ1) is 13.7. The van der Waals surface area contributed by atoms with E-state index in [2.05, 4.69) is 11.0 Å². The molecule has 0 saturated carbocycles. The third kappa shape index (κ3) is 4.76. The van der Waals surface area contributed by atoms with Gasteiger partial charge < -0.3 is 4.90 Å². The molecule has 2 aliphatic heterocycles. The van der Waals surface area contributed by atoms with E-state index in [-0.39, 0.29) is 11.7 Å². The first kappa shape index (κ1) is 19.1. The molecule has 0 radical (unpaired) electrons. The van der Waals surface area contributed by atoms with E-state index in [1.165, 1.54) is 6.07 Å². The summed E-state index contributed by atoms with van der Waals surface area (Å²) in [7, 11) is 0. The highest BCUT2D eigenvalue weighted by molar-refractivity contribution is 5.78. The van der Waals surface area contributed by atoms with Gasteiger partial charge in [0, 0.05) is 43.4 Å². The molecule has 4 nitrogen and oxygen atoms in total. The van der Waals surface area contributed by atoms with E-state index >= 15 is 0 Å². The van der Waals surface area contributed by atoms with Crippen LogP contribution in [0.3, 0.4) is 0 Å². The van der Waals surface area contributed by atoms with Crippen molar-refractivity contribution in [2.75, 3.05) is 32.7 Å². The zero-order valence-electron chi connectivity index (χ0n) is 16.3. The standard InChI is InChI=1S/C23H28FN3O/c24-20-8-3-6-18(14-20)15-21-9-4-10-22(25-21)19-7-5-11-26(16-19)17-23(28)27-12-1-2-13-27/h3-4,6,8-10,14,19H,1-2,5,7,11-13,15-17H2. The van der Waals surface area contributed by atoms with Crippen LogP contribution in [0.15, 0.2) is 42.5 Å². The lowest BCUT2D eigenvalue weighted by Crippen LogP contribution is -2.43. The molecule has 1 atom stereocenters. The van der Waals surface area contributed by atoms with Crippen molar-refractivity contribution in [2.45, 2.75) is 38.0 Å². The number of carbonyl (C=O) groups excluding carboxylic acids is 1. The fourth-order valence-electron chi connectivity index (χ4n) is 4.38. The molecular weight excluding hydrogens is 353 g/mol. The average Bonchev–Trinajstić information content (AvgIpc) is 3.24. The maximum atomic E-state index is 13.4. The number of piperidine rings is 1. The Balaban J connectivity index is 1.39. The van der Waals surface area contributed by atoms with E-state index in [9.17, 15) is 9.18 Å². The second-order valence-corrected chi connectivity index (χ2v) is 8.02. The van der Waals surface area contributed by atoms with Crippen molar-refractivity contribution in [1.82, 2.24) is 14.8 Å². The third-order valence-electron chi connectivity index (χ3n) is 5.84. The second kappa shape index (κ2) is 8.82. The summed E-state index contributed by atoms with van der Waals surface area (Å²) < 4.78 is 13.4. The molecule has 148 valence electrons. The normalized spacial score (nSPS) is 20.5. The number of pyridine rings is 1. The van der Waals surface area contributed by atoms with Crippen LogP contribution in [0.5, 0.6) is 0 Å². The van der Waals surface area contributed by atoms with E-state index in [1.54, 1.807) is 12.1 Å². The Hall–Kier alpha value is -2.27. The van der Waals surface area contributed by atoms with Crippen molar-refractivity contribution in [3.05, 3.63) is 65.2 Å². The van der Waals surface area contributed by atoms with Gasteiger partial charge in [0.2, 0.25) is 5.91 Å². The maximum absolute atomic E-state index is 13.4. The van der Waals surface area contributed by atoms with Crippen LogP contribution in [-0.2, 0) is 11.2 Å². The van der Waals surface area contributed by atoms with Gasteiger partial charge in [0.15, 0.2) is 0 Å². The molecule has 1 unspecified atom stereocenters. The molecule has 2 aliphatic rings. The SMILES string of the molecule is O=C(CN1CCCC(c2cccc(Cc3cccc(F)c3)n2)C1)N1CCCC1. The van der Waals surface area contributed by atoms with Crippen LogP contribution in [0, 0.1) is 5.82 Å². The smallest absolute Gasteiger partial charge is 0.236 e. The molecule has 2 aromatic rings.